The maximum absolute atomic E-state index is 10.8. The minimum absolute atomic E-state index is 0.288. The van der Waals surface area contributed by atoms with E-state index >= 15 is 0 Å². The first-order valence-corrected chi connectivity index (χ1v) is 5.07. The molecule has 0 saturated heterocycles. The second-order valence-corrected chi connectivity index (χ2v) is 4.15. The SMILES string of the molecule is Nc1cc(S(=O)(=O)O)c(N)cc1C(=O)O. The third-order valence-electron chi connectivity index (χ3n) is 1.69. The number of nitrogen functional groups attached to an aromatic ring is 2. The summed E-state index contributed by atoms with van der Waals surface area (Å²) in [6.07, 6.45) is 0. The maximum atomic E-state index is 10.8. The quantitative estimate of drug-likeness (QED) is 0.408. The second-order valence-electron chi connectivity index (χ2n) is 2.76. The Morgan fingerprint density at radius 3 is 2.13 bits per heavy atom. The van der Waals surface area contributed by atoms with E-state index in [1.165, 1.54) is 0 Å². The van der Waals surface area contributed by atoms with Gasteiger partial charge in [-0.05, 0) is 12.1 Å². The van der Waals surface area contributed by atoms with Gasteiger partial charge >= 0.3 is 5.97 Å². The summed E-state index contributed by atoms with van der Waals surface area (Å²) in [5, 5.41) is 8.64. The highest BCUT2D eigenvalue weighted by atomic mass is 32.2. The van der Waals surface area contributed by atoms with Crippen LogP contribution in [0.5, 0.6) is 0 Å². The third-order valence-corrected chi connectivity index (χ3v) is 2.60. The van der Waals surface area contributed by atoms with Crippen LogP contribution in [-0.2, 0) is 10.1 Å². The molecule has 7 nitrogen and oxygen atoms in total. The van der Waals surface area contributed by atoms with E-state index in [9.17, 15) is 13.2 Å². The number of hydrogen-bond donors (Lipinski definition) is 4. The van der Waals surface area contributed by atoms with Crippen molar-refractivity contribution in [2.24, 2.45) is 0 Å². The second kappa shape index (κ2) is 3.41. The van der Waals surface area contributed by atoms with Gasteiger partial charge in [-0.25, -0.2) is 4.79 Å². The average molecular weight is 232 g/mol. The Morgan fingerprint density at radius 1 is 1.20 bits per heavy atom. The van der Waals surface area contributed by atoms with Crippen LogP contribution in [0, 0.1) is 0 Å². The zero-order valence-corrected chi connectivity index (χ0v) is 8.15. The van der Waals surface area contributed by atoms with Crippen LogP contribution >= 0.6 is 0 Å². The van der Waals surface area contributed by atoms with Crippen LogP contribution in [-0.4, -0.2) is 24.0 Å². The molecule has 0 aromatic heterocycles. The van der Waals surface area contributed by atoms with E-state index in [0.717, 1.165) is 12.1 Å². The Morgan fingerprint density at radius 2 is 1.73 bits per heavy atom. The van der Waals surface area contributed by atoms with Gasteiger partial charge in [-0.2, -0.15) is 8.42 Å². The molecule has 15 heavy (non-hydrogen) atoms. The predicted octanol–water partition coefficient (Wildman–Crippen LogP) is -0.204. The third kappa shape index (κ3) is 2.17. The van der Waals surface area contributed by atoms with Gasteiger partial charge in [0.2, 0.25) is 0 Å². The fraction of sp³-hybridized carbons (Fsp3) is 0. The summed E-state index contributed by atoms with van der Waals surface area (Å²) >= 11 is 0. The largest absolute Gasteiger partial charge is 0.478 e. The molecule has 0 heterocycles. The molecule has 0 aliphatic carbocycles. The molecule has 0 fully saturated rings. The highest BCUT2D eigenvalue weighted by molar-refractivity contribution is 7.86. The van der Waals surface area contributed by atoms with E-state index in [1.807, 2.05) is 0 Å². The van der Waals surface area contributed by atoms with E-state index in [0.29, 0.717) is 0 Å². The molecule has 1 aromatic rings. The fourth-order valence-electron chi connectivity index (χ4n) is 1.02. The lowest BCUT2D eigenvalue weighted by molar-refractivity contribution is 0.0698. The molecule has 0 unspecified atom stereocenters. The standard InChI is InChI=1S/C7H8N2O5S/c8-4-2-6(15(12,13)14)5(9)1-3(4)7(10)11/h1-2H,8-9H2,(H,10,11)(H,12,13,14). The lowest BCUT2D eigenvalue weighted by atomic mass is 10.1. The molecule has 0 spiro atoms. The molecule has 0 bridgehead atoms. The first-order chi connectivity index (χ1) is 6.73. The molecule has 0 saturated carbocycles. The van der Waals surface area contributed by atoms with E-state index in [2.05, 4.69) is 0 Å². The van der Waals surface area contributed by atoms with Crippen molar-refractivity contribution < 1.29 is 22.9 Å². The van der Waals surface area contributed by atoms with Crippen molar-refractivity contribution in [2.45, 2.75) is 4.90 Å². The molecule has 1 aromatic carbocycles. The van der Waals surface area contributed by atoms with Gasteiger partial charge in [0.15, 0.2) is 0 Å². The summed E-state index contributed by atoms with van der Waals surface area (Å²) in [6, 6.07) is 1.68. The minimum Gasteiger partial charge on any atom is -0.478 e. The molecule has 8 heteroatoms. The summed E-state index contributed by atoms with van der Waals surface area (Å²) in [6.45, 7) is 0. The van der Waals surface area contributed by atoms with Crippen LogP contribution in [0.2, 0.25) is 0 Å². The maximum Gasteiger partial charge on any atom is 0.337 e. The van der Waals surface area contributed by atoms with Gasteiger partial charge in [0.25, 0.3) is 10.1 Å². The van der Waals surface area contributed by atoms with Gasteiger partial charge in [0.05, 0.1) is 11.3 Å². The number of nitrogens with two attached hydrogens (primary N) is 2. The van der Waals surface area contributed by atoms with Crippen LogP contribution in [0.4, 0.5) is 11.4 Å². The topological polar surface area (TPSA) is 144 Å². The highest BCUT2D eigenvalue weighted by Crippen LogP contribution is 2.24. The monoisotopic (exact) mass is 232 g/mol. The zero-order chi connectivity index (χ0) is 11.8. The number of aromatic carboxylic acids is 1. The molecule has 0 aliphatic heterocycles. The minimum atomic E-state index is -4.50. The molecule has 6 N–H and O–H groups in total. The number of benzene rings is 1. The normalized spacial score (nSPS) is 11.3. The van der Waals surface area contributed by atoms with Crippen LogP contribution in [0.3, 0.4) is 0 Å². The van der Waals surface area contributed by atoms with E-state index in [-0.39, 0.29) is 16.9 Å². The van der Waals surface area contributed by atoms with Crippen molar-refractivity contribution >= 4 is 27.5 Å². The van der Waals surface area contributed by atoms with Crippen molar-refractivity contribution in [2.75, 3.05) is 11.5 Å². The van der Waals surface area contributed by atoms with Gasteiger partial charge in [0.1, 0.15) is 4.90 Å². The average Bonchev–Trinajstić information content (AvgIpc) is 2.06. The summed E-state index contributed by atoms with van der Waals surface area (Å²) < 4.78 is 30.2. The Labute approximate surface area is 85.1 Å². The van der Waals surface area contributed by atoms with Crippen LogP contribution < -0.4 is 11.5 Å². The van der Waals surface area contributed by atoms with Crippen molar-refractivity contribution in [1.82, 2.24) is 0 Å². The molecule has 0 amide bonds. The number of rotatable bonds is 2. The Kier molecular flexibility index (Phi) is 2.56. The molecule has 82 valence electrons. The number of carbonyl (C=O) groups is 1. The summed E-state index contributed by atoms with van der Waals surface area (Å²) in [7, 11) is -4.50. The van der Waals surface area contributed by atoms with Gasteiger partial charge in [-0.3, -0.25) is 4.55 Å². The molecule has 1 rings (SSSR count). The zero-order valence-electron chi connectivity index (χ0n) is 7.34. The van der Waals surface area contributed by atoms with Crippen LogP contribution in [0.25, 0.3) is 0 Å². The predicted molar refractivity (Wildman–Crippen MR) is 52.0 cm³/mol. The van der Waals surface area contributed by atoms with Gasteiger partial charge in [-0.15, -0.1) is 0 Å². The van der Waals surface area contributed by atoms with E-state index in [4.69, 9.17) is 21.1 Å². The Balaban J connectivity index is 3.52. The number of hydrogen-bond acceptors (Lipinski definition) is 5. The van der Waals surface area contributed by atoms with Gasteiger partial charge in [0, 0.05) is 5.69 Å². The van der Waals surface area contributed by atoms with Gasteiger partial charge < -0.3 is 16.6 Å². The summed E-state index contributed by atoms with van der Waals surface area (Å²) in [5.74, 6) is -1.33. The lowest BCUT2D eigenvalue weighted by Crippen LogP contribution is -2.09. The number of anilines is 2. The molecule has 0 aliphatic rings. The summed E-state index contributed by atoms with van der Waals surface area (Å²) in [5.41, 5.74) is 9.55. The lowest BCUT2D eigenvalue weighted by Gasteiger charge is -2.06. The fourth-order valence-corrected chi connectivity index (χ4v) is 1.65. The van der Waals surface area contributed by atoms with Crippen molar-refractivity contribution in [1.29, 1.82) is 0 Å². The Hall–Kier alpha value is -1.80. The highest BCUT2D eigenvalue weighted by Gasteiger charge is 2.18. The number of carboxylic acid groups (broad SMARTS) is 1. The van der Waals surface area contributed by atoms with Crippen LogP contribution in [0.1, 0.15) is 10.4 Å². The van der Waals surface area contributed by atoms with Crippen LogP contribution in [0.15, 0.2) is 17.0 Å². The van der Waals surface area contributed by atoms with Crippen molar-refractivity contribution in [3.05, 3.63) is 17.7 Å². The number of carboxylic acids is 1. The molecular formula is C7H8N2O5S. The summed E-state index contributed by atoms with van der Waals surface area (Å²) in [4.78, 5) is 9.98. The molecular weight excluding hydrogens is 224 g/mol. The molecule has 0 radical (unpaired) electrons. The first kappa shape index (κ1) is 11.3. The van der Waals surface area contributed by atoms with Crippen molar-refractivity contribution in [3.63, 3.8) is 0 Å². The van der Waals surface area contributed by atoms with E-state index in [1.54, 1.807) is 0 Å². The van der Waals surface area contributed by atoms with Crippen molar-refractivity contribution in [3.8, 4) is 0 Å². The van der Waals surface area contributed by atoms with Gasteiger partial charge in [-0.1, -0.05) is 0 Å². The first-order valence-electron chi connectivity index (χ1n) is 3.63. The molecule has 0 atom stereocenters. The van der Waals surface area contributed by atoms with E-state index < -0.39 is 21.0 Å². The smallest absolute Gasteiger partial charge is 0.337 e. The Bertz CT molecular complexity index is 522.